The summed E-state index contributed by atoms with van der Waals surface area (Å²) in [6.07, 6.45) is 0. The fraction of sp³-hybridized carbons (Fsp3) is 0.333. The van der Waals surface area contributed by atoms with Gasteiger partial charge in [0.1, 0.15) is 6.61 Å². The Hall–Kier alpha value is -0.480. The first kappa shape index (κ1) is 10.6. The first-order valence-electron chi connectivity index (χ1n) is 3.72. The lowest BCUT2D eigenvalue weighted by Crippen LogP contribution is -2.18. The van der Waals surface area contributed by atoms with Gasteiger partial charge in [-0.3, -0.25) is 0 Å². The first-order valence-corrected chi connectivity index (χ1v) is 4.52. The molecule has 0 aliphatic rings. The van der Waals surface area contributed by atoms with Crippen LogP contribution in [0.4, 0.5) is 8.78 Å². The molecule has 0 amide bonds. The number of alkyl halides is 2. The molecule has 0 saturated heterocycles. The third kappa shape index (κ3) is 2.25. The average Bonchev–Trinajstić information content (AvgIpc) is 2.09. The van der Waals surface area contributed by atoms with E-state index in [0.29, 0.717) is 4.47 Å². The van der Waals surface area contributed by atoms with Gasteiger partial charge in [0.25, 0.3) is 5.92 Å². The van der Waals surface area contributed by atoms with Crippen LogP contribution < -0.4 is 0 Å². The maximum Gasteiger partial charge on any atom is 0.295 e. The van der Waals surface area contributed by atoms with Gasteiger partial charge in [-0.05, 0) is 18.6 Å². The summed E-state index contributed by atoms with van der Waals surface area (Å²) in [6, 6.07) is 4.23. The van der Waals surface area contributed by atoms with Crippen LogP contribution in [-0.4, -0.2) is 11.7 Å². The second-order valence-electron chi connectivity index (χ2n) is 2.83. The number of rotatable bonds is 2. The molecule has 0 unspecified atom stereocenters. The number of halogens is 3. The summed E-state index contributed by atoms with van der Waals surface area (Å²) >= 11 is 3.15. The van der Waals surface area contributed by atoms with E-state index in [4.69, 9.17) is 5.11 Å². The summed E-state index contributed by atoms with van der Waals surface area (Å²) in [7, 11) is 0. The van der Waals surface area contributed by atoms with Crippen LogP contribution in [0.25, 0.3) is 0 Å². The minimum atomic E-state index is -3.16. The van der Waals surface area contributed by atoms with Crippen molar-refractivity contribution < 1.29 is 13.9 Å². The summed E-state index contributed by atoms with van der Waals surface area (Å²) in [5.74, 6) is -3.16. The number of hydrogen-bond donors (Lipinski definition) is 1. The van der Waals surface area contributed by atoms with E-state index >= 15 is 0 Å². The smallest absolute Gasteiger partial charge is 0.295 e. The average molecular weight is 251 g/mol. The van der Waals surface area contributed by atoms with E-state index in [9.17, 15) is 8.78 Å². The molecule has 0 radical (unpaired) electrons. The predicted octanol–water partition coefficient (Wildman–Crippen LogP) is 2.84. The molecule has 0 fully saturated rings. The molecule has 0 aromatic heterocycles. The van der Waals surface area contributed by atoms with Crippen molar-refractivity contribution in [2.24, 2.45) is 0 Å². The van der Waals surface area contributed by atoms with Gasteiger partial charge >= 0.3 is 0 Å². The summed E-state index contributed by atoms with van der Waals surface area (Å²) in [4.78, 5) is 0. The van der Waals surface area contributed by atoms with Crippen molar-refractivity contribution in [1.29, 1.82) is 0 Å². The van der Waals surface area contributed by atoms with Gasteiger partial charge in [-0.2, -0.15) is 8.78 Å². The Balaban J connectivity index is 3.10. The molecule has 0 aliphatic heterocycles. The van der Waals surface area contributed by atoms with Crippen LogP contribution in [0.2, 0.25) is 0 Å². The molecule has 1 nitrogen and oxygen atoms in total. The lowest BCUT2D eigenvalue weighted by molar-refractivity contribution is -0.0556. The van der Waals surface area contributed by atoms with Crippen LogP contribution >= 0.6 is 15.9 Å². The Morgan fingerprint density at radius 2 is 2.08 bits per heavy atom. The number of hydrogen-bond acceptors (Lipinski definition) is 1. The lowest BCUT2D eigenvalue weighted by Gasteiger charge is -2.14. The van der Waals surface area contributed by atoms with Crippen molar-refractivity contribution in [1.82, 2.24) is 0 Å². The van der Waals surface area contributed by atoms with E-state index in [-0.39, 0.29) is 5.56 Å². The van der Waals surface area contributed by atoms with Gasteiger partial charge in [-0.15, -0.1) is 0 Å². The molecule has 1 aromatic rings. The molecule has 0 bridgehead atoms. The Bertz CT molecular complexity index is 312. The van der Waals surface area contributed by atoms with Gasteiger partial charge in [0.15, 0.2) is 0 Å². The zero-order valence-electron chi connectivity index (χ0n) is 7.02. The topological polar surface area (TPSA) is 20.2 Å². The van der Waals surface area contributed by atoms with Crippen LogP contribution in [0.15, 0.2) is 22.7 Å². The van der Waals surface area contributed by atoms with Crippen LogP contribution in [0.3, 0.4) is 0 Å². The number of aliphatic hydroxyl groups is 1. The zero-order valence-corrected chi connectivity index (χ0v) is 8.61. The van der Waals surface area contributed by atoms with Crippen molar-refractivity contribution in [2.75, 3.05) is 6.61 Å². The van der Waals surface area contributed by atoms with E-state index in [0.717, 1.165) is 5.56 Å². The van der Waals surface area contributed by atoms with Crippen molar-refractivity contribution in [3.63, 3.8) is 0 Å². The predicted molar refractivity (Wildman–Crippen MR) is 49.9 cm³/mol. The monoisotopic (exact) mass is 250 g/mol. The molecule has 1 rings (SSSR count). The van der Waals surface area contributed by atoms with Gasteiger partial charge in [-0.1, -0.05) is 28.1 Å². The highest BCUT2D eigenvalue weighted by molar-refractivity contribution is 9.10. The molecular formula is C9H9BrF2O. The Morgan fingerprint density at radius 1 is 1.46 bits per heavy atom. The minimum absolute atomic E-state index is 0.174. The molecular weight excluding hydrogens is 242 g/mol. The molecule has 0 atom stereocenters. The van der Waals surface area contributed by atoms with E-state index in [1.165, 1.54) is 12.1 Å². The maximum atomic E-state index is 12.9. The molecule has 1 N–H and O–H groups in total. The summed E-state index contributed by atoms with van der Waals surface area (Å²) in [5, 5.41) is 8.44. The van der Waals surface area contributed by atoms with Crippen LogP contribution in [-0.2, 0) is 5.92 Å². The molecule has 13 heavy (non-hydrogen) atoms. The second kappa shape index (κ2) is 3.72. The largest absolute Gasteiger partial charge is 0.390 e. The summed E-state index contributed by atoms with van der Waals surface area (Å²) < 4.78 is 26.5. The minimum Gasteiger partial charge on any atom is -0.390 e. The third-order valence-electron chi connectivity index (χ3n) is 1.79. The Kier molecular flexibility index (Phi) is 3.03. The fourth-order valence-electron chi connectivity index (χ4n) is 0.912. The first-order chi connectivity index (χ1) is 5.97. The van der Waals surface area contributed by atoms with Gasteiger partial charge in [0, 0.05) is 10.0 Å². The van der Waals surface area contributed by atoms with Crippen LogP contribution in [0.5, 0.6) is 0 Å². The van der Waals surface area contributed by atoms with E-state index in [1.54, 1.807) is 6.07 Å². The number of aryl methyl sites for hydroxylation is 1. The molecule has 0 heterocycles. The fourth-order valence-corrected chi connectivity index (χ4v) is 1.29. The van der Waals surface area contributed by atoms with Gasteiger partial charge < -0.3 is 5.11 Å². The number of aliphatic hydroxyl groups excluding tert-OH is 1. The Labute approximate surface area is 83.5 Å². The quantitative estimate of drug-likeness (QED) is 0.856. The van der Waals surface area contributed by atoms with Gasteiger partial charge in [0.05, 0.1) is 0 Å². The van der Waals surface area contributed by atoms with Crippen molar-refractivity contribution in [3.05, 3.63) is 33.8 Å². The highest BCUT2D eigenvalue weighted by Gasteiger charge is 2.30. The van der Waals surface area contributed by atoms with Crippen molar-refractivity contribution in [3.8, 4) is 0 Å². The van der Waals surface area contributed by atoms with E-state index < -0.39 is 12.5 Å². The molecule has 1 aromatic carbocycles. The van der Waals surface area contributed by atoms with Crippen LogP contribution in [0.1, 0.15) is 11.1 Å². The summed E-state index contributed by atoms with van der Waals surface area (Å²) in [5.41, 5.74) is 0.713. The zero-order chi connectivity index (χ0) is 10.1. The molecule has 72 valence electrons. The van der Waals surface area contributed by atoms with Crippen molar-refractivity contribution >= 4 is 15.9 Å². The highest BCUT2D eigenvalue weighted by atomic mass is 79.9. The van der Waals surface area contributed by atoms with Gasteiger partial charge in [-0.25, -0.2) is 0 Å². The number of benzene rings is 1. The van der Waals surface area contributed by atoms with Gasteiger partial charge in [0.2, 0.25) is 0 Å². The Morgan fingerprint density at radius 3 is 2.54 bits per heavy atom. The normalized spacial score (nSPS) is 11.8. The summed E-state index contributed by atoms with van der Waals surface area (Å²) in [6.45, 7) is 0.646. The van der Waals surface area contributed by atoms with E-state index in [2.05, 4.69) is 15.9 Å². The lowest BCUT2D eigenvalue weighted by atomic mass is 10.1. The standard InChI is InChI=1S/C9H9BrF2O/c1-6-2-3-7(4-8(6)10)9(11,12)5-13/h2-4,13H,5H2,1H3. The molecule has 0 spiro atoms. The maximum absolute atomic E-state index is 12.9. The van der Waals surface area contributed by atoms with E-state index in [1.807, 2.05) is 6.92 Å². The molecule has 4 heteroatoms. The highest BCUT2D eigenvalue weighted by Crippen LogP contribution is 2.30. The van der Waals surface area contributed by atoms with Crippen LogP contribution in [0, 0.1) is 6.92 Å². The second-order valence-corrected chi connectivity index (χ2v) is 3.68. The molecule has 0 aliphatic carbocycles. The molecule has 0 saturated carbocycles. The van der Waals surface area contributed by atoms with Crippen molar-refractivity contribution in [2.45, 2.75) is 12.8 Å². The third-order valence-corrected chi connectivity index (χ3v) is 2.65. The SMILES string of the molecule is Cc1ccc(C(F)(F)CO)cc1Br.